The zero-order valence-corrected chi connectivity index (χ0v) is 12.7. The number of benzene rings is 2. The summed E-state index contributed by atoms with van der Waals surface area (Å²) in [4.78, 5) is 12.1. The third kappa shape index (κ3) is 2.29. The number of anilines is 1. The fraction of sp³-hybridized carbons (Fsp3) is 0.278. The molecule has 3 rings (SSSR count). The van der Waals surface area contributed by atoms with Crippen LogP contribution in [0.4, 0.5) is 10.1 Å². The van der Waals surface area contributed by atoms with Crippen LogP contribution < -0.4 is 11.1 Å². The predicted molar refractivity (Wildman–Crippen MR) is 85.3 cm³/mol. The van der Waals surface area contributed by atoms with Crippen LogP contribution in [-0.2, 0) is 4.79 Å². The molecule has 0 aliphatic carbocycles. The van der Waals surface area contributed by atoms with Gasteiger partial charge in [0.25, 0.3) is 0 Å². The second-order valence-electron chi connectivity index (χ2n) is 5.74. The zero-order valence-electron chi connectivity index (χ0n) is 12.7. The number of fused-ring (bicyclic) bond motifs is 1. The minimum Gasteiger partial charge on any atom is -0.325 e. The van der Waals surface area contributed by atoms with Gasteiger partial charge in [0.1, 0.15) is 5.82 Å². The number of nitrogens with two attached hydrogens (primary N) is 1. The Morgan fingerprint density at radius 2 is 2.00 bits per heavy atom. The Balaban J connectivity index is 2.13. The summed E-state index contributed by atoms with van der Waals surface area (Å²) < 4.78 is 14.0. The molecule has 2 unspecified atom stereocenters. The highest BCUT2D eigenvalue weighted by molar-refractivity contribution is 6.03. The summed E-state index contributed by atoms with van der Waals surface area (Å²) >= 11 is 0. The van der Waals surface area contributed by atoms with E-state index < -0.39 is 6.04 Å². The van der Waals surface area contributed by atoms with E-state index in [-0.39, 0.29) is 17.6 Å². The summed E-state index contributed by atoms with van der Waals surface area (Å²) in [6, 6.07) is 10.2. The van der Waals surface area contributed by atoms with Gasteiger partial charge in [-0.05, 0) is 42.2 Å². The molecule has 2 aromatic carbocycles. The van der Waals surface area contributed by atoms with Crippen molar-refractivity contribution in [3.8, 4) is 0 Å². The van der Waals surface area contributed by atoms with E-state index in [0.717, 1.165) is 11.1 Å². The van der Waals surface area contributed by atoms with Gasteiger partial charge < -0.3 is 11.1 Å². The van der Waals surface area contributed by atoms with Crippen molar-refractivity contribution < 1.29 is 9.18 Å². The molecule has 1 heterocycles. The summed E-state index contributed by atoms with van der Waals surface area (Å²) in [5, 5.41) is 2.88. The van der Waals surface area contributed by atoms with Crippen molar-refractivity contribution in [3.05, 3.63) is 64.5 Å². The molecule has 3 N–H and O–H groups in total. The molecule has 4 heteroatoms. The highest BCUT2D eigenvalue weighted by atomic mass is 19.1. The number of hydrogen-bond acceptors (Lipinski definition) is 2. The molecule has 0 spiro atoms. The van der Waals surface area contributed by atoms with E-state index in [1.807, 2.05) is 38.1 Å². The lowest BCUT2D eigenvalue weighted by Gasteiger charge is -2.18. The molecule has 0 saturated carbocycles. The number of aryl methyl sites for hydroxylation is 1. The first-order chi connectivity index (χ1) is 10.5. The van der Waals surface area contributed by atoms with Gasteiger partial charge in [-0.3, -0.25) is 4.79 Å². The maximum absolute atomic E-state index is 14.0. The third-order valence-corrected chi connectivity index (χ3v) is 4.37. The van der Waals surface area contributed by atoms with Crippen LogP contribution in [0.3, 0.4) is 0 Å². The van der Waals surface area contributed by atoms with Gasteiger partial charge in [-0.2, -0.15) is 0 Å². The van der Waals surface area contributed by atoms with Gasteiger partial charge in [0.05, 0.1) is 17.6 Å². The summed E-state index contributed by atoms with van der Waals surface area (Å²) in [6.07, 6.45) is 0.640. The van der Waals surface area contributed by atoms with Crippen molar-refractivity contribution in [2.45, 2.75) is 32.2 Å². The average Bonchev–Trinajstić information content (AvgIpc) is 2.81. The summed E-state index contributed by atoms with van der Waals surface area (Å²) in [5.41, 5.74) is 10.4. The zero-order chi connectivity index (χ0) is 15.9. The van der Waals surface area contributed by atoms with Crippen LogP contribution in [-0.4, -0.2) is 5.91 Å². The Labute approximate surface area is 129 Å². The first-order valence-electron chi connectivity index (χ1n) is 7.48. The van der Waals surface area contributed by atoms with Crippen LogP contribution in [0.2, 0.25) is 0 Å². The van der Waals surface area contributed by atoms with Crippen LogP contribution in [0.25, 0.3) is 0 Å². The highest BCUT2D eigenvalue weighted by Gasteiger charge is 2.33. The lowest BCUT2D eigenvalue weighted by atomic mass is 9.90. The molecule has 1 aliphatic rings. The van der Waals surface area contributed by atoms with Crippen molar-refractivity contribution in [2.75, 3.05) is 5.32 Å². The third-order valence-electron chi connectivity index (χ3n) is 4.37. The minimum absolute atomic E-state index is 0.0821. The molecular formula is C18H19FN2O. The molecular weight excluding hydrogens is 279 g/mol. The molecule has 0 fully saturated rings. The highest BCUT2D eigenvalue weighted by Crippen LogP contribution is 2.41. The van der Waals surface area contributed by atoms with E-state index in [4.69, 9.17) is 5.73 Å². The number of halogens is 1. The van der Waals surface area contributed by atoms with Gasteiger partial charge in [0, 0.05) is 5.56 Å². The van der Waals surface area contributed by atoms with Gasteiger partial charge in [-0.15, -0.1) is 0 Å². The number of rotatable bonds is 3. The number of hydrogen-bond donors (Lipinski definition) is 2. The molecule has 3 nitrogen and oxygen atoms in total. The minimum atomic E-state index is -0.471. The van der Waals surface area contributed by atoms with Gasteiger partial charge in [-0.1, -0.05) is 31.2 Å². The van der Waals surface area contributed by atoms with E-state index in [2.05, 4.69) is 5.32 Å². The van der Waals surface area contributed by atoms with Crippen LogP contribution in [0.15, 0.2) is 36.4 Å². The maximum Gasteiger partial charge on any atom is 0.232 e. The van der Waals surface area contributed by atoms with E-state index in [0.29, 0.717) is 23.2 Å². The van der Waals surface area contributed by atoms with Gasteiger partial charge in [-0.25, -0.2) is 4.39 Å². The molecule has 2 aromatic rings. The van der Waals surface area contributed by atoms with Gasteiger partial charge >= 0.3 is 0 Å². The van der Waals surface area contributed by atoms with Gasteiger partial charge in [0.2, 0.25) is 5.91 Å². The Morgan fingerprint density at radius 1 is 1.27 bits per heavy atom. The predicted octanol–water partition coefficient (Wildman–Crippen LogP) is 3.63. The van der Waals surface area contributed by atoms with Crippen molar-refractivity contribution in [1.82, 2.24) is 0 Å². The number of nitrogens with one attached hydrogen (secondary N) is 1. The smallest absolute Gasteiger partial charge is 0.232 e. The molecule has 114 valence electrons. The van der Waals surface area contributed by atoms with Crippen LogP contribution in [0, 0.1) is 12.7 Å². The van der Waals surface area contributed by atoms with E-state index in [1.54, 1.807) is 0 Å². The Bertz CT molecular complexity index is 742. The summed E-state index contributed by atoms with van der Waals surface area (Å²) in [5.74, 6) is -0.734. The van der Waals surface area contributed by atoms with Crippen molar-refractivity contribution in [2.24, 2.45) is 5.73 Å². The molecule has 0 bridgehead atoms. The SMILES string of the molecule is CCC1C(=O)Nc2c1cc(F)cc2C(N)c1ccccc1C. The Kier molecular flexibility index (Phi) is 3.71. The van der Waals surface area contributed by atoms with Crippen molar-refractivity contribution in [3.63, 3.8) is 0 Å². The fourth-order valence-electron chi connectivity index (χ4n) is 3.17. The van der Waals surface area contributed by atoms with E-state index >= 15 is 0 Å². The van der Waals surface area contributed by atoms with E-state index in [9.17, 15) is 9.18 Å². The molecule has 2 atom stereocenters. The Hall–Kier alpha value is -2.20. The second kappa shape index (κ2) is 5.54. The second-order valence-corrected chi connectivity index (χ2v) is 5.74. The van der Waals surface area contributed by atoms with Crippen molar-refractivity contribution in [1.29, 1.82) is 0 Å². The lowest BCUT2D eigenvalue weighted by molar-refractivity contribution is -0.117. The average molecular weight is 298 g/mol. The molecule has 0 radical (unpaired) electrons. The Morgan fingerprint density at radius 3 is 2.68 bits per heavy atom. The lowest BCUT2D eigenvalue weighted by Crippen LogP contribution is -2.16. The van der Waals surface area contributed by atoms with Crippen LogP contribution in [0.5, 0.6) is 0 Å². The normalized spacial score (nSPS) is 18.0. The largest absolute Gasteiger partial charge is 0.325 e. The standard InChI is InChI=1S/C18H19FN2O/c1-3-12-14-8-11(19)9-15(17(14)21-18(12)22)16(20)13-7-5-4-6-10(13)2/h4-9,12,16H,3,20H2,1-2H3,(H,21,22). The topological polar surface area (TPSA) is 55.1 Å². The molecule has 22 heavy (non-hydrogen) atoms. The van der Waals surface area contributed by atoms with Crippen molar-refractivity contribution >= 4 is 11.6 Å². The van der Waals surface area contributed by atoms with Crippen LogP contribution in [0.1, 0.15) is 47.6 Å². The maximum atomic E-state index is 14.0. The van der Waals surface area contributed by atoms with E-state index in [1.165, 1.54) is 12.1 Å². The van der Waals surface area contributed by atoms with Gasteiger partial charge in [0.15, 0.2) is 0 Å². The van der Waals surface area contributed by atoms with Crippen LogP contribution >= 0.6 is 0 Å². The first kappa shape index (κ1) is 14.7. The molecule has 1 aliphatic heterocycles. The quantitative estimate of drug-likeness (QED) is 0.909. The number of carbonyl (C=O) groups excluding carboxylic acids is 1. The molecule has 1 amide bonds. The fourth-order valence-corrected chi connectivity index (χ4v) is 3.17. The first-order valence-corrected chi connectivity index (χ1v) is 7.48. The summed E-state index contributed by atoms with van der Waals surface area (Å²) in [7, 11) is 0. The number of carbonyl (C=O) groups is 1. The number of amides is 1. The summed E-state index contributed by atoms with van der Waals surface area (Å²) in [6.45, 7) is 3.90. The molecule has 0 aromatic heterocycles. The molecule has 0 saturated heterocycles. The monoisotopic (exact) mass is 298 g/mol.